The Morgan fingerprint density at radius 2 is 1.93 bits per heavy atom. The van der Waals surface area contributed by atoms with Gasteiger partial charge in [-0.25, -0.2) is 0 Å². The SMILES string of the molecule is C[C@@H]1CC[C@@]2(C)CCC(=O)C(C)(C)[C@@H]2O1. The lowest BCUT2D eigenvalue weighted by Crippen LogP contribution is -2.56. The second kappa shape index (κ2) is 3.31. The van der Waals surface area contributed by atoms with Crippen molar-refractivity contribution < 1.29 is 9.53 Å². The number of hydrogen-bond acceptors (Lipinski definition) is 2. The van der Waals surface area contributed by atoms with Crippen LogP contribution in [0.2, 0.25) is 0 Å². The van der Waals surface area contributed by atoms with Gasteiger partial charge in [0.1, 0.15) is 5.78 Å². The van der Waals surface area contributed by atoms with Crippen LogP contribution in [0.5, 0.6) is 0 Å². The number of carbonyl (C=O) groups excluding carboxylic acids is 1. The molecular formula is C13H22O2. The first kappa shape index (κ1) is 11.1. The van der Waals surface area contributed by atoms with Gasteiger partial charge in [-0.2, -0.15) is 0 Å². The van der Waals surface area contributed by atoms with E-state index < -0.39 is 0 Å². The number of fused-ring (bicyclic) bond motifs is 1. The minimum absolute atomic E-state index is 0.120. The molecule has 15 heavy (non-hydrogen) atoms. The van der Waals surface area contributed by atoms with E-state index in [1.165, 1.54) is 6.42 Å². The van der Waals surface area contributed by atoms with Crippen molar-refractivity contribution in [1.29, 1.82) is 0 Å². The van der Waals surface area contributed by atoms with Gasteiger partial charge in [-0.05, 0) is 31.6 Å². The lowest BCUT2D eigenvalue weighted by Gasteiger charge is -2.53. The zero-order valence-electron chi connectivity index (χ0n) is 10.3. The molecule has 0 aromatic heterocycles. The van der Waals surface area contributed by atoms with Gasteiger partial charge in [0.15, 0.2) is 0 Å². The predicted molar refractivity (Wildman–Crippen MR) is 59.7 cm³/mol. The van der Waals surface area contributed by atoms with Crippen molar-refractivity contribution in [3.63, 3.8) is 0 Å². The highest BCUT2D eigenvalue weighted by Gasteiger charge is 2.53. The topological polar surface area (TPSA) is 26.3 Å². The van der Waals surface area contributed by atoms with Crippen molar-refractivity contribution in [3.8, 4) is 0 Å². The highest BCUT2D eigenvalue weighted by atomic mass is 16.5. The highest BCUT2D eigenvalue weighted by molar-refractivity contribution is 5.85. The predicted octanol–water partition coefficient (Wildman–Crippen LogP) is 2.95. The summed E-state index contributed by atoms with van der Waals surface area (Å²) in [5.41, 5.74) is -0.0639. The summed E-state index contributed by atoms with van der Waals surface area (Å²) in [6.45, 7) is 8.51. The van der Waals surface area contributed by atoms with E-state index in [1.54, 1.807) is 0 Å². The van der Waals surface area contributed by atoms with Gasteiger partial charge in [0.05, 0.1) is 17.6 Å². The molecule has 0 amide bonds. The first-order valence-corrected chi connectivity index (χ1v) is 6.05. The standard InChI is InChI=1S/C13H22O2/c1-9-5-7-13(4)8-6-10(14)12(2,3)11(13)15-9/h9,11H,5-8H2,1-4H3/t9-,11+,13+/m1/s1. The number of hydrogen-bond donors (Lipinski definition) is 0. The van der Waals surface area contributed by atoms with Crippen molar-refractivity contribution in [2.45, 2.75) is 65.6 Å². The monoisotopic (exact) mass is 210 g/mol. The third-order valence-electron chi connectivity index (χ3n) is 4.42. The van der Waals surface area contributed by atoms with Crippen molar-refractivity contribution in [1.82, 2.24) is 0 Å². The number of carbonyl (C=O) groups is 1. The summed E-state index contributed by atoms with van der Waals surface area (Å²) in [5.74, 6) is 0.374. The summed E-state index contributed by atoms with van der Waals surface area (Å²) in [6.07, 6.45) is 4.51. The Hall–Kier alpha value is -0.370. The molecule has 0 unspecified atom stereocenters. The van der Waals surface area contributed by atoms with Gasteiger partial charge in [0.2, 0.25) is 0 Å². The van der Waals surface area contributed by atoms with Crippen molar-refractivity contribution in [3.05, 3.63) is 0 Å². The minimum Gasteiger partial charge on any atom is -0.374 e. The summed E-state index contributed by atoms with van der Waals surface area (Å²) < 4.78 is 6.06. The third kappa shape index (κ3) is 1.63. The summed E-state index contributed by atoms with van der Waals surface area (Å²) in [6, 6.07) is 0. The number of rotatable bonds is 0. The highest BCUT2D eigenvalue weighted by Crippen LogP contribution is 2.51. The largest absolute Gasteiger partial charge is 0.374 e. The van der Waals surface area contributed by atoms with E-state index in [4.69, 9.17) is 4.74 Å². The van der Waals surface area contributed by atoms with Crippen LogP contribution in [0, 0.1) is 10.8 Å². The average Bonchev–Trinajstić information content (AvgIpc) is 2.16. The van der Waals surface area contributed by atoms with E-state index in [0.29, 0.717) is 11.9 Å². The van der Waals surface area contributed by atoms with Gasteiger partial charge in [-0.3, -0.25) is 4.79 Å². The molecule has 0 aromatic rings. The van der Waals surface area contributed by atoms with Crippen LogP contribution in [0.15, 0.2) is 0 Å². The van der Waals surface area contributed by atoms with E-state index in [2.05, 4.69) is 27.7 Å². The second-order valence-electron chi connectivity index (χ2n) is 6.16. The fourth-order valence-electron chi connectivity index (χ4n) is 3.29. The molecule has 2 fully saturated rings. The van der Waals surface area contributed by atoms with Crippen LogP contribution in [-0.2, 0) is 9.53 Å². The molecule has 1 saturated heterocycles. The lowest BCUT2D eigenvalue weighted by atomic mass is 9.58. The number of ketones is 1. The smallest absolute Gasteiger partial charge is 0.141 e. The quantitative estimate of drug-likeness (QED) is 0.614. The van der Waals surface area contributed by atoms with Gasteiger partial charge < -0.3 is 4.74 Å². The Morgan fingerprint density at radius 1 is 1.27 bits per heavy atom. The van der Waals surface area contributed by atoms with Crippen LogP contribution >= 0.6 is 0 Å². The van der Waals surface area contributed by atoms with Crippen molar-refractivity contribution >= 4 is 5.78 Å². The first-order chi connectivity index (χ1) is 6.86. The normalized spacial score (nSPS) is 44.9. The molecule has 3 atom stereocenters. The Labute approximate surface area is 92.4 Å². The van der Waals surface area contributed by atoms with Gasteiger partial charge in [-0.15, -0.1) is 0 Å². The fourth-order valence-corrected chi connectivity index (χ4v) is 3.29. The average molecular weight is 210 g/mol. The molecule has 0 N–H and O–H groups in total. The maximum Gasteiger partial charge on any atom is 0.141 e. The van der Waals surface area contributed by atoms with Crippen LogP contribution in [0.1, 0.15) is 53.4 Å². The minimum atomic E-state index is -0.290. The molecule has 0 radical (unpaired) electrons. The summed E-state index contributed by atoms with van der Waals surface area (Å²) >= 11 is 0. The summed E-state index contributed by atoms with van der Waals surface area (Å²) in [5, 5.41) is 0. The molecule has 0 aromatic carbocycles. The molecule has 0 bridgehead atoms. The molecule has 1 aliphatic heterocycles. The summed E-state index contributed by atoms with van der Waals surface area (Å²) in [7, 11) is 0. The number of ether oxygens (including phenoxy) is 1. The molecular weight excluding hydrogens is 188 g/mol. The summed E-state index contributed by atoms with van der Waals surface area (Å²) in [4.78, 5) is 11.9. The lowest BCUT2D eigenvalue weighted by molar-refractivity contribution is -0.189. The van der Waals surface area contributed by atoms with E-state index in [0.717, 1.165) is 19.3 Å². The zero-order chi connectivity index (χ0) is 11.3. The Bertz CT molecular complexity index is 282. The molecule has 2 heteroatoms. The van der Waals surface area contributed by atoms with Crippen LogP contribution in [0.25, 0.3) is 0 Å². The Balaban J connectivity index is 2.30. The molecule has 0 spiro atoms. The Morgan fingerprint density at radius 3 is 2.60 bits per heavy atom. The van der Waals surface area contributed by atoms with Crippen molar-refractivity contribution in [2.24, 2.45) is 10.8 Å². The van der Waals surface area contributed by atoms with Gasteiger partial charge in [-0.1, -0.05) is 20.8 Å². The second-order valence-corrected chi connectivity index (χ2v) is 6.16. The fraction of sp³-hybridized carbons (Fsp3) is 0.923. The molecule has 1 saturated carbocycles. The van der Waals surface area contributed by atoms with E-state index in [1.807, 2.05) is 0 Å². The Kier molecular flexibility index (Phi) is 2.45. The molecule has 2 aliphatic rings. The van der Waals surface area contributed by atoms with E-state index >= 15 is 0 Å². The molecule has 1 aliphatic carbocycles. The molecule has 86 valence electrons. The van der Waals surface area contributed by atoms with Crippen LogP contribution in [0.4, 0.5) is 0 Å². The zero-order valence-corrected chi connectivity index (χ0v) is 10.3. The van der Waals surface area contributed by atoms with Gasteiger partial charge >= 0.3 is 0 Å². The molecule has 2 rings (SSSR count). The molecule has 1 heterocycles. The van der Waals surface area contributed by atoms with E-state index in [9.17, 15) is 4.79 Å². The number of Topliss-reactive ketones (excluding diaryl/α,β-unsaturated/α-hetero) is 1. The maximum atomic E-state index is 11.9. The van der Waals surface area contributed by atoms with Gasteiger partial charge in [0.25, 0.3) is 0 Å². The van der Waals surface area contributed by atoms with Crippen LogP contribution < -0.4 is 0 Å². The maximum absolute atomic E-state index is 11.9. The van der Waals surface area contributed by atoms with Gasteiger partial charge in [0, 0.05) is 6.42 Å². The van der Waals surface area contributed by atoms with Crippen LogP contribution in [0.3, 0.4) is 0 Å². The first-order valence-electron chi connectivity index (χ1n) is 6.05. The third-order valence-corrected chi connectivity index (χ3v) is 4.42. The molecule has 2 nitrogen and oxygen atoms in total. The van der Waals surface area contributed by atoms with Crippen LogP contribution in [-0.4, -0.2) is 18.0 Å². The van der Waals surface area contributed by atoms with E-state index in [-0.39, 0.29) is 16.9 Å². The van der Waals surface area contributed by atoms with Crippen molar-refractivity contribution in [2.75, 3.05) is 0 Å².